The van der Waals surface area contributed by atoms with Crippen LogP contribution in [0, 0.1) is 5.92 Å². The third kappa shape index (κ3) is 5.88. The molecule has 2 aromatic rings. The van der Waals surface area contributed by atoms with Crippen LogP contribution >= 0.6 is 11.8 Å². The van der Waals surface area contributed by atoms with E-state index in [0.717, 1.165) is 36.1 Å². The van der Waals surface area contributed by atoms with E-state index < -0.39 is 17.5 Å². The van der Waals surface area contributed by atoms with Gasteiger partial charge in [-0.05, 0) is 36.5 Å². The molecule has 2 aliphatic rings. The minimum Gasteiger partial charge on any atom is -0.340 e. The van der Waals surface area contributed by atoms with Gasteiger partial charge in [-0.25, -0.2) is 0 Å². The van der Waals surface area contributed by atoms with Gasteiger partial charge in [0.15, 0.2) is 11.3 Å². The summed E-state index contributed by atoms with van der Waals surface area (Å²) in [6.07, 6.45) is 6.40. The SMILES string of the molecule is N[C@@](CC1CCCCC1)(C(=O)CCc1ccccc1)C(=O)N[C@@H]1C(=O)N[C@@H]1Sc1ccccc1. The van der Waals surface area contributed by atoms with Gasteiger partial charge in [-0.1, -0.05) is 92.4 Å². The zero-order chi connectivity index (χ0) is 24.0. The average molecular weight is 480 g/mol. The molecule has 34 heavy (non-hydrogen) atoms. The van der Waals surface area contributed by atoms with Gasteiger partial charge in [-0.3, -0.25) is 14.4 Å². The number of hydrogen-bond donors (Lipinski definition) is 3. The highest BCUT2D eigenvalue weighted by molar-refractivity contribution is 8.00. The summed E-state index contributed by atoms with van der Waals surface area (Å²) in [5.74, 6) is -0.797. The maximum absolute atomic E-state index is 13.5. The van der Waals surface area contributed by atoms with Crippen molar-refractivity contribution < 1.29 is 14.4 Å². The van der Waals surface area contributed by atoms with Crippen molar-refractivity contribution in [2.24, 2.45) is 11.7 Å². The Balaban J connectivity index is 1.45. The van der Waals surface area contributed by atoms with Crippen LogP contribution in [0.25, 0.3) is 0 Å². The molecule has 2 amide bonds. The van der Waals surface area contributed by atoms with Crippen LogP contribution in [0.5, 0.6) is 0 Å². The Labute approximate surface area is 205 Å². The van der Waals surface area contributed by atoms with E-state index in [0.29, 0.717) is 12.8 Å². The molecular weight excluding hydrogens is 446 g/mol. The van der Waals surface area contributed by atoms with Gasteiger partial charge in [-0.2, -0.15) is 0 Å². The molecule has 1 heterocycles. The summed E-state index contributed by atoms with van der Waals surface area (Å²) in [7, 11) is 0. The molecule has 0 aromatic heterocycles. The molecule has 1 aliphatic carbocycles. The highest BCUT2D eigenvalue weighted by Crippen LogP contribution is 2.32. The summed E-state index contributed by atoms with van der Waals surface area (Å²) < 4.78 is 0. The highest BCUT2D eigenvalue weighted by atomic mass is 32.2. The van der Waals surface area contributed by atoms with Crippen molar-refractivity contribution >= 4 is 29.4 Å². The second kappa shape index (κ2) is 11.2. The minimum atomic E-state index is -1.63. The first kappa shape index (κ1) is 24.5. The molecule has 0 spiro atoms. The maximum Gasteiger partial charge on any atom is 0.248 e. The van der Waals surface area contributed by atoms with Crippen LogP contribution in [0.1, 0.15) is 50.5 Å². The third-order valence-electron chi connectivity index (χ3n) is 6.88. The average Bonchev–Trinajstić information content (AvgIpc) is 2.87. The summed E-state index contributed by atoms with van der Waals surface area (Å²) >= 11 is 1.47. The lowest BCUT2D eigenvalue weighted by atomic mass is 9.76. The number of β-lactam (4-membered cyclic amide) rings is 1. The standard InChI is InChI=1S/C27H33N3O3S/c28-27(18-20-12-6-2-7-13-20,22(31)17-16-19-10-4-1-5-11-19)26(33)29-23-24(32)30-25(23)34-21-14-8-3-9-15-21/h1,3-5,8-11,14-15,20,23,25H,2,6-7,12-13,16-18,28H2,(H,29,33)(H,30,32)/t23-,25-,27+/m1/s1. The maximum atomic E-state index is 13.5. The molecule has 1 aliphatic heterocycles. The molecule has 2 aromatic carbocycles. The monoisotopic (exact) mass is 479 g/mol. The Hall–Kier alpha value is -2.64. The first-order chi connectivity index (χ1) is 16.5. The lowest BCUT2D eigenvalue weighted by Crippen LogP contribution is -2.72. The smallest absolute Gasteiger partial charge is 0.248 e. The van der Waals surface area contributed by atoms with Gasteiger partial charge in [0.25, 0.3) is 0 Å². The van der Waals surface area contributed by atoms with Crippen molar-refractivity contribution in [1.82, 2.24) is 10.6 Å². The van der Waals surface area contributed by atoms with Crippen LogP contribution < -0.4 is 16.4 Å². The molecule has 6 nitrogen and oxygen atoms in total. The highest BCUT2D eigenvalue weighted by Gasteiger charge is 2.48. The predicted molar refractivity (Wildman–Crippen MR) is 134 cm³/mol. The van der Waals surface area contributed by atoms with E-state index in [-0.39, 0.29) is 29.4 Å². The molecule has 0 bridgehead atoms. The van der Waals surface area contributed by atoms with E-state index >= 15 is 0 Å². The molecule has 180 valence electrons. The van der Waals surface area contributed by atoms with Gasteiger partial charge in [0.2, 0.25) is 11.8 Å². The number of nitrogens with two attached hydrogens (primary N) is 1. The number of rotatable bonds is 10. The first-order valence-corrected chi connectivity index (χ1v) is 13.0. The van der Waals surface area contributed by atoms with Crippen molar-refractivity contribution in [1.29, 1.82) is 0 Å². The lowest BCUT2D eigenvalue weighted by molar-refractivity contribution is -0.141. The van der Waals surface area contributed by atoms with E-state index in [1.807, 2.05) is 60.7 Å². The summed E-state index contributed by atoms with van der Waals surface area (Å²) in [4.78, 5) is 40.2. The molecule has 3 atom stereocenters. The van der Waals surface area contributed by atoms with Crippen LogP contribution in [-0.4, -0.2) is 34.6 Å². The Morgan fingerprint density at radius 2 is 1.65 bits per heavy atom. The summed E-state index contributed by atoms with van der Waals surface area (Å²) in [6.45, 7) is 0. The topological polar surface area (TPSA) is 101 Å². The van der Waals surface area contributed by atoms with Gasteiger partial charge in [0, 0.05) is 11.3 Å². The van der Waals surface area contributed by atoms with E-state index in [1.54, 1.807) is 0 Å². The Bertz CT molecular complexity index is 995. The van der Waals surface area contributed by atoms with Crippen LogP contribution in [-0.2, 0) is 20.8 Å². The minimum absolute atomic E-state index is 0.194. The van der Waals surface area contributed by atoms with Gasteiger partial charge in [0.05, 0.1) is 0 Å². The fourth-order valence-corrected chi connectivity index (χ4v) is 5.92. The predicted octanol–water partition coefficient (Wildman–Crippen LogP) is 3.59. The number of nitrogens with one attached hydrogen (secondary N) is 2. The summed E-state index contributed by atoms with van der Waals surface area (Å²) in [5.41, 5.74) is 6.06. The number of amides is 2. The molecule has 0 unspecified atom stereocenters. The van der Waals surface area contributed by atoms with Crippen molar-refractivity contribution in [3.05, 3.63) is 66.2 Å². The van der Waals surface area contributed by atoms with Gasteiger partial charge in [-0.15, -0.1) is 0 Å². The van der Waals surface area contributed by atoms with Crippen LogP contribution in [0.2, 0.25) is 0 Å². The normalized spacial score (nSPS) is 22.2. The van der Waals surface area contributed by atoms with Gasteiger partial charge in [0.1, 0.15) is 11.4 Å². The molecule has 7 heteroatoms. The summed E-state index contributed by atoms with van der Waals surface area (Å²) in [5, 5.41) is 5.37. The number of benzene rings is 2. The first-order valence-electron chi connectivity index (χ1n) is 12.1. The van der Waals surface area contributed by atoms with Crippen molar-refractivity contribution in [3.63, 3.8) is 0 Å². The van der Waals surface area contributed by atoms with Crippen LogP contribution in [0.4, 0.5) is 0 Å². The second-order valence-electron chi connectivity index (χ2n) is 9.40. The molecule has 1 saturated carbocycles. The van der Waals surface area contributed by atoms with Gasteiger partial charge >= 0.3 is 0 Å². The van der Waals surface area contributed by atoms with E-state index in [9.17, 15) is 14.4 Å². The van der Waals surface area contributed by atoms with Crippen LogP contribution in [0.15, 0.2) is 65.6 Å². The van der Waals surface area contributed by atoms with E-state index in [1.165, 1.54) is 18.2 Å². The number of Topliss-reactive ketones (excluding diaryl/α,β-unsaturated/α-hetero) is 1. The third-order valence-corrected chi connectivity index (χ3v) is 8.07. The number of thioether (sulfide) groups is 1. The fraction of sp³-hybridized carbons (Fsp3) is 0.444. The van der Waals surface area contributed by atoms with Crippen molar-refractivity contribution in [2.75, 3.05) is 0 Å². The zero-order valence-electron chi connectivity index (χ0n) is 19.4. The lowest BCUT2D eigenvalue weighted by Gasteiger charge is -2.39. The number of carbonyl (C=O) groups is 3. The second-order valence-corrected chi connectivity index (χ2v) is 10.6. The Kier molecular flexibility index (Phi) is 8.06. The molecular formula is C27H33N3O3S. The van der Waals surface area contributed by atoms with Crippen molar-refractivity contribution in [2.45, 2.75) is 73.2 Å². The molecule has 0 radical (unpaired) electrons. The largest absolute Gasteiger partial charge is 0.340 e. The van der Waals surface area contributed by atoms with E-state index in [4.69, 9.17) is 5.73 Å². The molecule has 1 saturated heterocycles. The molecule has 2 fully saturated rings. The van der Waals surface area contributed by atoms with E-state index in [2.05, 4.69) is 10.6 Å². The quantitative estimate of drug-likeness (QED) is 0.357. The molecule has 4 N–H and O–H groups in total. The zero-order valence-corrected chi connectivity index (χ0v) is 20.2. The number of ketones is 1. The summed E-state index contributed by atoms with van der Waals surface area (Å²) in [6, 6.07) is 18.7. The van der Waals surface area contributed by atoms with Gasteiger partial charge < -0.3 is 16.4 Å². The number of carbonyl (C=O) groups excluding carboxylic acids is 3. The molecule has 4 rings (SSSR count). The van der Waals surface area contributed by atoms with Crippen molar-refractivity contribution in [3.8, 4) is 0 Å². The Morgan fingerprint density at radius 1 is 1.00 bits per heavy atom. The number of aryl methyl sites for hydroxylation is 1. The van der Waals surface area contributed by atoms with Crippen LogP contribution in [0.3, 0.4) is 0 Å². The number of hydrogen-bond acceptors (Lipinski definition) is 5. The Morgan fingerprint density at radius 3 is 2.29 bits per heavy atom. The fourth-order valence-electron chi connectivity index (χ4n) is 4.81.